The van der Waals surface area contributed by atoms with Crippen molar-refractivity contribution in [3.8, 4) is 17.2 Å². The van der Waals surface area contributed by atoms with Crippen molar-refractivity contribution in [2.45, 2.75) is 13.3 Å². The molecule has 0 aromatic heterocycles. The third-order valence-corrected chi connectivity index (χ3v) is 3.92. The van der Waals surface area contributed by atoms with E-state index in [4.69, 9.17) is 4.74 Å². The monoisotopic (exact) mass is 360 g/mol. The van der Waals surface area contributed by atoms with E-state index in [2.05, 4.69) is 10.5 Å². The molecule has 136 valence electrons. The lowest BCUT2D eigenvalue weighted by Gasteiger charge is -2.09. The third kappa shape index (κ3) is 4.73. The zero-order valence-electron chi connectivity index (χ0n) is 14.9. The summed E-state index contributed by atoms with van der Waals surface area (Å²) in [6.07, 6.45) is 0.564. The number of carbonyl (C=O) groups is 1. The maximum absolute atomic E-state index is 12.4. The molecule has 0 radical (unpaired) electrons. The summed E-state index contributed by atoms with van der Waals surface area (Å²) in [5, 5.41) is 14.1. The highest BCUT2D eigenvalue weighted by Gasteiger charge is 2.10. The second-order valence-corrected chi connectivity index (χ2v) is 5.81. The molecule has 0 aliphatic carbocycles. The minimum absolute atomic E-state index is 0.130. The van der Waals surface area contributed by atoms with E-state index in [1.807, 2.05) is 43.3 Å². The summed E-state index contributed by atoms with van der Waals surface area (Å²) < 4.78 is 5.75. The summed E-state index contributed by atoms with van der Waals surface area (Å²) in [5.74, 6) is 1.04. The number of nitrogens with zero attached hydrogens (tertiary/aromatic N) is 1. The number of para-hydroxylation sites is 2. The Hall–Kier alpha value is -3.60. The van der Waals surface area contributed by atoms with E-state index in [9.17, 15) is 9.90 Å². The van der Waals surface area contributed by atoms with Crippen LogP contribution in [0.2, 0.25) is 0 Å². The number of carbonyl (C=O) groups excluding carboxylic acids is 1. The molecule has 0 atom stereocenters. The normalized spacial score (nSPS) is 11.1. The van der Waals surface area contributed by atoms with Gasteiger partial charge in [0.25, 0.3) is 5.91 Å². The van der Waals surface area contributed by atoms with Crippen LogP contribution in [0.25, 0.3) is 0 Å². The average Bonchev–Trinajstić information content (AvgIpc) is 2.70. The van der Waals surface area contributed by atoms with Crippen LogP contribution in [0.4, 0.5) is 0 Å². The van der Waals surface area contributed by atoms with Crippen molar-refractivity contribution in [1.29, 1.82) is 0 Å². The Kier molecular flexibility index (Phi) is 5.84. The van der Waals surface area contributed by atoms with E-state index in [0.29, 0.717) is 34.8 Å². The van der Waals surface area contributed by atoms with Gasteiger partial charge in [0.05, 0.1) is 5.71 Å². The number of hydrazone groups is 1. The van der Waals surface area contributed by atoms with Crippen LogP contribution < -0.4 is 10.2 Å². The molecule has 0 spiro atoms. The summed E-state index contributed by atoms with van der Waals surface area (Å²) in [6, 6.07) is 23.1. The first kappa shape index (κ1) is 18.2. The van der Waals surface area contributed by atoms with Crippen molar-refractivity contribution in [3.05, 3.63) is 90.0 Å². The van der Waals surface area contributed by atoms with E-state index in [0.717, 1.165) is 0 Å². The first-order chi connectivity index (χ1) is 13.2. The molecule has 5 nitrogen and oxygen atoms in total. The molecule has 0 bridgehead atoms. The van der Waals surface area contributed by atoms with Gasteiger partial charge in [0.2, 0.25) is 0 Å². The summed E-state index contributed by atoms with van der Waals surface area (Å²) >= 11 is 0. The van der Waals surface area contributed by atoms with Crippen LogP contribution in [-0.4, -0.2) is 16.7 Å². The van der Waals surface area contributed by atoms with Gasteiger partial charge >= 0.3 is 0 Å². The van der Waals surface area contributed by atoms with Crippen LogP contribution in [0.5, 0.6) is 17.2 Å². The Balaban J connectivity index is 1.74. The Bertz CT molecular complexity index is 953. The second kappa shape index (κ2) is 8.67. The van der Waals surface area contributed by atoms with E-state index in [1.54, 1.807) is 42.5 Å². The number of hydrogen-bond acceptors (Lipinski definition) is 4. The third-order valence-electron chi connectivity index (χ3n) is 3.92. The van der Waals surface area contributed by atoms with Crippen LogP contribution in [0.15, 0.2) is 84.0 Å². The number of hydrogen-bond donors (Lipinski definition) is 2. The number of aromatic hydroxyl groups is 1. The number of phenolic OH excluding ortho intramolecular Hbond substituents is 1. The molecular formula is C22H20N2O3. The average molecular weight is 360 g/mol. The SMILES string of the molecule is CC/C(=N\NC(=O)c1cccc(Oc2ccccc2)c1)c1ccccc1O. The highest BCUT2D eigenvalue weighted by Crippen LogP contribution is 2.22. The molecule has 0 saturated heterocycles. The Labute approximate surface area is 157 Å². The minimum Gasteiger partial charge on any atom is -0.507 e. The summed E-state index contributed by atoms with van der Waals surface area (Å²) in [7, 11) is 0. The summed E-state index contributed by atoms with van der Waals surface area (Å²) in [6.45, 7) is 1.91. The lowest BCUT2D eigenvalue weighted by Crippen LogP contribution is -2.20. The molecule has 3 aromatic carbocycles. The standard InChI is InChI=1S/C22H20N2O3/c1-2-20(19-13-6-7-14-21(19)25)23-24-22(26)16-9-8-12-18(15-16)27-17-10-4-3-5-11-17/h3-15,25H,2H2,1H3,(H,24,26)/b23-20+. The van der Waals surface area contributed by atoms with Gasteiger partial charge in [-0.3, -0.25) is 4.79 Å². The van der Waals surface area contributed by atoms with Crippen molar-refractivity contribution >= 4 is 11.6 Å². The number of ether oxygens (including phenoxy) is 1. The van der Waals surface area contributed by atoms with Crippen LogP contribution in [0.3, 0.4) is 0 Å². The van der Waals surface area contributed by atoms with Gasteiger partial charge in [0.15, 0.2) is 0 Å². The van der Waals surface area contributed by atoms with Crippen LogP contribution >= 0.6 is 0 Å². The number of nitrogens with one attached hydrogen (secondary N) is 1. The highest BCUT2D eigenvalue weighted by atomic mass is 16.5. The van der Waals surface area contributed by atoms with Gasteiger partial charge < -0.3 is 9.84 Å². The van der Waals surface area contributed by atoms with Crippen molar-refractivity contribution in [3.63, 3.8) is 0 Å². The highest BCUT2D eigenvalue weighted by molar-refractivity contribution is 6.04. The van der Waals surface area contributed by atoms with Crippen LogP contribution in [0, 0.1) is 0 Å². The number of benzene rings is 3. The molecule has 1 amide bonds. The zero-order chi connectivity index (χ0) is 19.1. The van der Waals surface area contributed by atoms with Crippen molar-refractivity contribution in [2.75, 3.05) is 0 Å². The molecule has 0 unspecified atom stereocenters. The molecule has 5 heteroatoms. The molecule has 0 aliphatic heterocycles. The van der Waals surface area contributed by atoms with Gasteiger partial charge in [0, 0.05) is 11.1 Å². The van der Waals surface area contributed by atoms with E-state index >= 15 is 0 Å². The van der Waals surface area contributed by atoms with E-state index < -0.39 is 0 Å². The first-order valence-corrected chi connectivity index (χ1v) is 8.65. The van der Waals surface area contributed by atoms with E-state index in [1.165, 1.54) is 0 Å². The molecule has 0 fully saturated rings. The van der Waals surface area contributed by atoms with Crippen LogP contribution in [-0.2, 0) is 0 Å². The molecule has 3 aromatic rings. The van der Waals surface area contributed by atoms with Gasteiger partial charge in [-0.05, 0) is 48.9 Å². The Morgan fingerprint density at radius 3 is 2.41 bits per heavy atom. The predicted octanol–water partition coefficient (Wildman–Crippen LogP) is 4.73. The van der Waals surface area contributed by atoms with Crippen LogP contribution in [0.1, 0.15) is 29.3 Å². The molecule has 27 heavy (non-hydrogen) atoms. The Morgan fingerprint density at radius 2 is 1.67 bits per heavy atom. The fraction of sp³-hybridized carbons (Fsp3) is 0.0909. The van der Waals surface area contributed by atoms with Gasteiger partial charge in [-0.1, -0.05) is 43.3 Å². The fourth-order valence-electron chi connectivity index (χ4n) is 2.56. The van der Waals surface area contributed by atoms with Gasteiger partial charge in [-0.2, -0.15) is 5.10 Å². The molecular weight excluding hydrogens is 340 g/mol. The van der Waals surface area contributed by atoms with Crippen molar-refractivity contribution < 1.29 is 14.6 Å². The predicted molar refractivity (Wildman–Crippen MR) is 105 cm³/mol. The second-order valence-electron chi connectivity index (χ2n) is 5.81. The van der Waals surface area contributed by atoms with Crippen molar-refractivity contribution in [1.82, 2.24) is 5.43 Å². The molecule has 0 saturated carbocycles. The van der Waals surface area contributed by atoms with E-state index in [-0.39, 0.29) is 11.7 Å². The number of rotatable bonds is 6. The van der Waals surface area contributed by atoms with Gasteiger partial charge in [0.1, 0.15) is 17.2 Å². The topological polar surface area (TPSA) is 70.9 Å². The zero-order valence-corrected chi connectivity index (χ0v) is 14.9. The number of amides is 1. The lowest BCUT2D eigenvalue weighted by molar-refractivity contribution is 0.0954. The summed E-state index contributed by atoms with van der Waals surface area (Å²) in [4.78, 5) is 12.4. The quantitative estimate of drug-likeness (QED) is 0.493. The molecule has 2 N–H and O–H groups in total. The molecule has 0 heterocycles. The first-order valence-electron chi connectivity index (χ1n) is 8.65. The largest absolute Gasteiger partial charge is 0.507 e. The summed E-state index contributed by atoms with van der Waals surface area (Å²) in [5.41, 5.74) is 4.17. The Morgan fingerprint density at radius 1 is 0.963 bits per heavy atom. The lowest BCUT2D eigenvalue weighted by atomic mass is 10.1. The fourth-order valence-corrected chi connectivity index (χ4v) is 2.56. The maximum atomic E-state index is 12.4. The van der Waals surface area contributed by atoms with Crippen molar-refractivity contribution in [2.24, 2.45) is 5.10 Å². The molecule has 3 rings (SSSR count). The van der Waals surface area contributed by atoms with Gasteiger partial charge in [-0.25, -0.2) is 5.43 Å². The molecule has 0 aliphatic rings. The smallest absolute Gasteiger partial charge is 0.271 e. The minimum atomic E-state index is -0.352. The maximum Gasteiger partial charge on any atom is 0.271 e. The van der Waals surface area contributed by atoms with Gasteiger partial charge in [-0.15, -0.1) is 0 Å². The number of phenols is 1.